The van der Waals surface area contributed by atoms with Crippen molar-refractivity contribution >= 4 is 16.9 Å². The number of aromatic carboxylic acids is 1. The second-order valence-electron chi connectivity index (χ2n) is 5.92. The number of unbranched alkanes of at least 4 members (excludes halogenated alkanes) is 1. The molecule has 1 aromatic heterocycles. The molecule has 124 valence electrons. The van der Waals surface area contributed by atoms with Crippen molar-refractivity contribution in [2.24, 2.45) is 0 Å². The number of benzene rings is 2. The number of hydrogen-bond acceptors (Lipinski definition) is 2. The average Bonchev–Trinajstić information content (AvgIpc) is 2.99. The van der Waals surface area contributed by atoms with Gasteiger partial charge in [0.2, 0.25) is 0 Å². The van der Waals surface area contributed by atoms with E-state index in [0.717, 1.165) is 41.4 Å². The van der Waals surface area contributed by atoms with E-state index >= 15 is 0 Å². The Morgan fingerprint density at radius 3 is 2.54 bits per heavy atom. The third kappa shape index (κ3) is 3.19. The molecule has 4 nitrogen and oxygen atoms in total. The molecule has 0 radical (unpaired) electrons. The fourth-order valence-electron chi connectivity index (χ4n) is 3.09. The van der Waals surface area contributed by atoms with Gasteiger partial charge in [-0.15, -0.1) is 0 Å². The van der Waals surface area contributed by atoms with Gasteiger partial charge < -0.3 is 15.4 Å². The monoisotopic (exact) mass is 322 g/mol. The van der Waals surface area contributed by atoms with Gasteiger partial charge in [0.15, 0.2) is 0 Å². The van der Waals surface area contributed by atoms with Crippen LogP contribution in [0.5, 0.6) is 0 Å². The molecule has 1 heterocycles. The summed E-state index contributed by atoms with van der Waals surface area (Å²) in [7, 11) is 0. The number of aromatic amines is 1. The first-order chi connectivity index (χ1) is 11.7. The van der Waals surface area contributed by atoms with Crippen LogP contribution in [0.2, 0.25) is 0 Å². The molecule has 0 aliphatic carbocycles. The Labute approximate surface area is 141 Å². The van der Waals surface area contributed by atoms with Crippen molar-refractivity contribution in [1.29, 1.82) is 0 Å². The van der Waals surface area contributed by atoms with E-state index in [1.54, 1.807) is 0 Å². The van der Waals surface area contributed by atoms with Crippen LogP contribution in [-0.4, -0.2) is 22.6 Å². The van der Waals surface area contributed by atoms with Gasteiger partial charge in [0, 0.05) is 16.5 Å². The summed E-state index contributed by atoms with van der Waals surface area (Å²) < 4.78 is 0. The predicted octanol–water partition coefficient (Wildman–Crippen LogP) is 4.35. The van der Waals surface area contributed by atoms with Crippen LogP contribution >= 0.6 is 0 Å². The van der Waals surface area contributed by atoms with E-state index in [9.17, 15) is 9.90 Å². The van der Waals surface area contributed by atoms with Crippen LogP contribution in [0.3, 0.4) is 0 Å². The Kier molecular flexibility index (Phi) is 4.96. The minimum Gasteiger partial charge on any atom is -0.477 e. The van der Waals surface area contributed by atoms with E-state index in [1.807, 2.05) is 54.6 Å². The number of fused-ring (bicyclic) bond motifs is 1. The summed E-state index contributed by atoms with van der Waals surface area (Å²) >= 11 is 0. The molecule has 0 saturated heterocycles. The molecule has 0 aliphatic heterocycles. The number of carboxylic acids is 1. The smallest absolute Gasteiger partial charge is 0.352 e. The van der Waals surface area contributed by atoms with E-state index in [-0.39, 0.29) is 11.7 Å². The van der Waals surface area contributed by atoms with Gasteiger partial charge in [-0.05, 0) is 24.6 Å². The Bertz CT molecular complexity index is 824. The summed E-state index contributed by atoms with van der Waals surface area (Å²) in [4.78, 5) is 14.9. The molecular formula is C20H22N2O2. The number of H-pyrrole nitrogens is 1. The van der Waals surface area contributed by atoms with Crippen molar-refractivity contribution in [3.8, 4) is 0 Å². The number of rotatable bonds is 7. The first kappa shape index (κ1) is 16.3. The molecule has 3 N–H and O–H groups in total. The molecule has 4 heteroatoms. The second kappa shape index (κ2) is 7.32. The van der Waals surface area contributed by atoms with Crippen LogP contribution in [0.1, 0.15) is 47.4 Å². The maximum atomic E-state index is 11.8. The summed E-state index contributed by atoms with van der Waals surface area (Å²) in [5.74, 6) is -0.931. The summed E-state index contributed by atoms with van der Waals surface area (Å²) in [5.41, 5.74) is 2.98. The van der Waals surface area contributed by atoms with E-state index in [2.05, 4.69) is 17.2 Å². The summed E-state index contributed by atoms with van der Waals surface area (Å²) in [6, 6.07) is 17.6. The van der Waals surface area contributed by atoms with Crippen LogP contribution in [0.4, 0.5) is 0 Å². The summed E-state index contributed by atoms with van der Waals surface area (Å²) in [5, 5.41) is 14.2. The van der Waals surface area contributed by atoms with Crippen molar-refractivity contribution in [2.45, 2.75) is 25.8 Å². The van der Waals surface area contributed by atoms with Crippen LogP contribution in [0.25, 0.3) is 10.9 Å². The van der Waals surface area contributed by atoms with E-state index in [0.29, 0.717) is 0 Å². The SMILES string of the molecule is CCCCNC(c1ccccc1)c1c(C(=O)O)[nH]c2ccccc12. The molecule has 0 amide bonds. The van der Waals surface area contributed by atoms with Crippen molar-refractivity contribution in [3.05, 3.63) is 71.4 Å². The largest absolute Gasteiger partial charge is 0.477 e. The zero-order chi connectivity index (χ0) is 16.9. The van der Waals surface area contributed by atoms with Crippen LogP contribution in [0.15, 0.2) is 54.6 Å². The minimum atomic E-state index is -0.931. The molecule has 24 heavy (non-hydrogen) atoms. The van der Waals surface area contributed by atoms with Gasteiger partial charge in [0.1, 0.15) is 5.69 Å². The van der Waals surface area contributed by atoms with Crippen molar-refractivity contribution in [2.75, 3.05) is 6.54 Å². The molecule has 0 bridgehead atoms. The summed E-state index contributed by atoms with van der Waals surface area (Å²) in [6.45, 7) is 2.99. The highest BCUT2D eigenvalue weighted by molar-refractivity contribution is 5.98. The van der Waals surface area contributed by atoms with Crippen molar-refractivity contribution in [3.63, 3.8) is 0 Å². The molecule has 0 saturated carbocycles. The van der Waals surface area contributed by atoms with E-state index in [4.69, 9.17) is 0 Å². The highest BCUT2D eigenvalue weighted by Gasteiger charge is 2.25. The Hall–Kier alpha value is -2.59. The third-order valence-corrected chi connectivity index (χ3v) is 4.26. The quantitative estimate of drug-likeness (QED) is 0.567. The van der Waals surface area contributed by atoms with Crippen molar-refractivity contribution in [1.82, 2.24) is 10.3 Å². The van der Waals surface area contributed by atoms with Gasteiger partial charge in [0.05, 0.1) is 6.04 Å². The second-order valence-corrected chi connectivity index (χ2v) is 5.92. The van der Waals surface area contributed by atoms with Crippen LogP contribution < -0.4 is 5.32 Å². The van der Waals surface area contributed by atoms with E-state index in [1.165, 1.54) is 0 Å². The number of carboxylic acid groups (broad SMARTS) is 1. The fraction of sp³-hybridized carbons (Fsp3) is 0.250. The topological polar surface area (TPSA) is 65.1 Å². The highest BCUT2D eigenvalue weighted by Crippen LogP contribution is 2.32. The number of nitrogens with one attached hydrogen (secondary N) is 2. The maximum Gasteiger partial charge on any atom is 0.352 e. The molecule has 2 aromatic carbocycles. The van der Waals surface area contributed by atoms with Gasteiger partial charge in [-0.25, -0.2) is 4.79 Å². The zero-order valence-electron chi connectivity index (χ0n) is 13.8. The Morgan fingerprint density at radius 2 is 1.83 bits per heavy atom. The number of hydrogen-bond donors (Lipinski definition) is 3. The lowest BCUT2D eigenvalue weighted by Gasteiger charge is -2.20. The number of carbonyl (C=O) groups is 1. The number of para-hydroxylation sites is 1. The first-order valence-corrected chi connectivity index (χ1v) is 8.34. The molecule has 3 rings (SSSR count). The fourth-order valence-corrected chi connectivity index (χ4v) is 3.09. The maximum absolute atomic E-state index is 11.8. The molecule has 0 fully saturated rings. The highest BCUT2D eigenvalue weighted by atomic mass is 16.4. The average molecular weight is 322 g/mol. The Balaban J connectivity index is 2.14. The number of aromatic nitrogens is 1. The van der Waals surface area contributed by atoms with Gasteiger partial charge >= 0.3 is 5.97 Å². The lowest BCUT2D eigenvalue weighted by atomic mass is 9.95. The van der Waals surface area contributed by atoms with Gasteiger partial charge in [-0.3, -0.25) is 0 Å². The van der Waals surface area contributed by atoms with Crippen LogP contribution in [0, 0.1) is 0 Å². The first-order valence-electron chi connectivity index (χ1n) is 8.34. The molecule has 1 unspecified atom stereocenters. The minimum absolute atomic E-state index is 0.153. The molecule has 3 aromatic rings. The molecule has 1 atom stereocenters. The standard InChI is InChI=1S/C20H22N2O2/c1-2-3-13-21-18(14-9-5-4-6-10-14)17-15-11-7-8-12-16(15)22-19(17)20(23)24/h4-12,18,21-22H,2-3,13H2,1H3,(H,23,24). The summed E-state index contributed by atoms with van der Waals surface area (Å²) in [6.07, 6.45) is 2.14. The Morgan fingerprint density at radius 1 is 1.12 bits per heavy atom. The van der Waals surface area contributed by atoms with Gasteiger partial charge in [-0.2, -0.15) is 0 Å². The van der Waals surface area contributed by atoms with Crippen LogP contribution in [-0.2, 0) is 0 Å². The van der Waals surface area contributed by atoms with Crippen molar-refractivity contribution < 1.29 is 9.90 Å². The lowest BCUT2D eigenvalue weighted by Crippen LogP contribution is -2.25. The predicted molar refractivity (Wildman–Crippen MR) is 96.5 cm³/mol. The van der Waals surface area contributed by atoms with Gasteiger partial charge in [-0.1, -0.05) is 61.9 Å². The molecular weight excluding hydrogens is 300 g/mol. The normalized spacial score (nSPS) is 12.4. The van der Waals surface area contributed by atoms with Gasteiger partial charge in [0.25, 0.3) is 0 Å². The lowest BCUT2D eigenvalue weighted by molar-refractivity contribution is 0.0689. The molecule has 0 spiro atoms. The third-order valence-electron chi connectivity index (χ3n) is 4.26. The molecule has 0 aliphatic rings. The zero-order valence-corrected chi connectivity index (χ0v) is 13.8. The van der Waals surface area contributed by atoms with E-state index < -0.39 is 5.97 Å².